The predicted octanol–water partition coefficient (Wildman–Crippen LogP) is 3.53. The van der Waals surface area contributed by atoms with Crippen LogP contribution in [0.15, 0.2) is 23.2 Å². The van der Waals surface area contributed by atoms with Gasteiger partial charge >= 0.3 is 6.36 Å². The summed E-state index contributed by atoms with van der Waals surface area (Å²) in [6.07, 6.45) is -2.97. The fourth-order valence-electron chi connectivity index (χ4n) is 3.16. The molecule has 0 radical (unpaired) electrons. The number of halogens is 3. The van der Waals surface area contributed by atoms with Gasteiger partial charge in [0.15, 0.2) is 5.75 Å². The average Bonchev–Trinajstić information content (AvgIpc) is 2.56. The molecule has 1 heterocycles. The lowest BCUT2D eigenvalue weighted by Gasteiger charge is -2.36. The summed E-state index contributed by atoms with van der Waals surface area (Å²) in [5, 5.41) is 9.13. The number of nitrogens with zero attached hydrogens (tertiary/aromatic N) is 3. The highest BCUT2D eigenvalue weighted by atomic mass is 19.4. The molecule has 2 atom stereocenters. The molecule has 0 amide bonds. The van der Waals surface area contributed by atoms with Crippen molar-refractivity contribution in [3.63, 3.8) is 0 Å². The normalized spacial score (nSPS) is 20.1. The number of hydrogen-bond acceptors (Lipinski definition) is 4. The molecule has 1 aromatic rings. The highest BCUT2D eigenvalue weighted by Crippen LogP contribution is 2.34. The van der Waals surface area contributed by atoms with Gasteiger partial charge in [0, 0.05) is 26.1 Å². The topological polar surface area (TPSA) is 74.6 Å². The van der Waals surface area contributed by atoms with Crippen LogP contribution in [0.1, 0.15) is 31.2 Å². The number of ether oxygens (including phenoxy) is 1. The highest BCUT2D eigenvalue weighted by molar-refractivity contribution is 5.86. The van der Waals surface area contributed by atoms with Crippen LogP contribution in [-0.2, 0) is 0 Å². The minimum absolute atomic E-state index is 0.0401. The molecule has 1 aliphatic rings. The van der Waals surface area contributed by atoms with Gasteiger partial charge in [0.1, 0.15) is 11.8 Å². The number of rotatable bonds is 3. The van der Waals surface area contributed by atoms with Gasteiger partial charge in [-0.05, 0) is 37.5 Å². The van der Waals surface area contributed by atoms with Crippen LogP contribution < -0.4 is 10.5 Å². The number of amidine groups is 1. The quantitative estimate of drug-likeness (QED) is 0.512. The first-order valence-corrected chi connectivity index (χ1v) is 8.01. The van der Waals surface area contributed by atoms with Gasteiger partial charge < -0.3 is 15.4 Å². The lowest BCUT2D eigenvalue weighted by atomic mass is 9.89. The van der Waals surface area contributed by atoms with Gasteiger partial charge in [-0.1, -0.05) is 6.07 Å². The third kappa shape index (κ3) is 4.78. The number of nitrogens with two attached hydrogens (primary N) is 1. The summed E-state index contributed by atoms with van der Waals surface area (Å²) >= 11 is 0. The monoisotopic (exact) mass is 354 g/mol. The van der Waals surface area contributed by atoms with Crippen molar-refractivity contribution in [2.24, 2.45) is 10.9 Å². The first-order valence-electron chi connectivity index (χ1n) is 8.01. The number of hydrogen-bond donors (Lipinski definition) is 1. The van der Waals surface area contributed by atoms with Crippen molar-refractivity contribution in [2.75, 3.05) is 25.9 Å². The van der Waals surface area contributed by atoms with Gasteiger partial charge in [-0.15, -0.1) is 13.2 Å². The molecule has 0 saturated carbocycles. The van der Waals surface area contributed by atoms with E-state index in [4.69, 9.17) is 11.0 Å². The van der Waals surface area contributed by atoms with E-state index in [1.54, 1.807) is 20.0 Å². The molecule has 0 aromatic heterocycles. The summed E-state index contributed by atoms with van der Waals surface area (Å²) in [6, 6.07) is 6.59. The summed E-state index contributed by atoms with van der Waals surface area (Å²) in [5.74, 6) is 0.144. The second-order valence-corrected chi connectivity index (χ2v) is 6.06. The Bertz CT molecular complexity index is 681. The second-order valence-electron chi connectivity index (χ2n) is 6.06. The Kier molecular flexibility index (Phi) is 5.77. The van der Waals surface area contributed by atoms with Crippen molar-refractivity contribution in [1.29, 1.82) is 5.26 Å². The summed E-state index contributed by atoms with van der Waals surface area (Å²) in [5.41, 5.74) is 6.54. The lowest BCUT2D eigenvalue weighted by molar-refractivity contribution is -0.274. The Hall–Kier alpha value is -2.43. The van der Waals surface area contributed by atoms with Crippen LogP contribution in [0.3, 0.4) is 0 Å². The fraction of sp³-hybridized carbons (Fsp3) is 0.529. The van der Waals surface area contributed by atoms with Crippen molar-refractivity contribution in [3.8, 4) is 11.8 Å². The van der Waals surface area contributed by atoms with Gasteiger partial charge in [0.2, 0.25) is 0 Å². The van der Waals surface area contributed by atoms with E-state index in [2.05, 4.69) is 20.7 Å². The van der Waals surface area contributed by atoms with Crippen LogP contribution in [0.5, 0.6) is 5.75 Å². The summed E-state index contributed by atoms with van der Waals surface area (Å²) in [7, 11) is 1.66. The number of aliphatic imine (C=N–C) groups is 1. The summed E-state index contributed by atoms with van der Waals surface area (Å²) in [4.78, 5) is 6.30. The summed E-state index contributed by atoms with van der Waals surface area (Å²) < 4.78 is 40.9. The Labute approximate surface area is 144 Å². The molecule has 1 saturated heterocycles. The maximum absolute atomic E-state index is 12.3. The van der Waals surface area contributed by atoms with Crippen molar-refractivity contribution >= 4 is 11.5 Å². The first-order chi connectivity index (χ1) is 11.7. The van der Waals surface area contributed by atoms with Crippen LogP contribution in [0.4, 0.5) is 18.9 Å². The van der Waals surface area contributed by atoms with Crippen molar-refractivity contribution in [3.05, 3.63) is 23.8 Å². The van der Waals surface area contributed by atoms with Gasteiger partial charge in [-0.25, -0.2) is 0 Å². The van der Waals surface area contributed by atoms with Gasteiger partial charge in [-0.3, -0.25) is 4.99 Å². The number of likely N-dealkylation sites (tertiary alicyclic amines) is 1. The van der Waals surface area contributed by atoms with Crippen molar-refractivity contribution in [2.45, 2.75) is 32.0 Å². The molecule has 0 aliphatic carbocycles. The smallest absolute Gasteiger partial charge is 0.404 e. The zero-order chi connectivity index (χ0) is 18.6. The van der Waals surface area contributed by atoms with Crippen molar-refractivity contribution in [1.82, 2.24) is 4.90 Å². The van der Waals surface area contributed by atoms with E-state index in [1.807, 2.05) is 0 Å². The fourth-order valence-corrected chi connectivity index (χ4v) is 3.16. The number of nitrogen functional groups attached to an aromatic ring is 1. The minimum Gasteiger partial charge on any atom is -0.404 e. The highest BCUT2D eigenvalue weighted by Gasteiger charge is 2.32. The van der Waals surface area contributed by atoms with E-state index in [0.29, 0.717) is 6.54 Å². The molecule has 136 valence electrons. The lowest BCUT2D eigenvalue weighted by Crippen LogP contribution is -2.41. The molecule has 0 bridgehead atoms. The zero-order valence-corrected chi connectivity index (χ0v) is 14.2. The SMILES string of the molecule is CN=C(C(C)C#N)N1CCCC(c2ccc(OC(F)(F)F)c(N)c2)C1. The van der Waals surface area contributed by atoms with E-state index in [-0.39, 0.29) is 17.5 Å². The Balaban J connectivity index is 2.16. The van der Waals surface area contributed by atoms with E-state index in [0.717, 1.165) is 30.8 Å². The molecule has 1 fully saturated rings. The van der Waals surface area contributed by atoms with E-state index in [1.165, 1.54) is 12.1 Å². The second kappa shape index (κ2) is 7.64. The number of benzene rings is 1. The largest absolute Gasteiger partial charge is 0.573 e. The maximum atomic E-state index is 12.3. The zero-order valence-electron chi connectivity index (χ0n) is 14.2. The predicted molar refractivity (Wildman–Crippen MR) is 89.2 cm³/mol. The molecule has 2 rings (SSSR count). The van der Waals surface area contributed by atoms with E-state index in [9.17, 15) is 13.2 Å². The van der Waals surface area contributed by atoms with E-state index >= 15 is 0 Å². The van der Waals surface area contributed by atoms with Crippen LogP contribution in [0, 0.1) is 17.2 Å². The van der Waals surface area contributed by atoms with Crippen LogP contribution in [0.2, 0.25) is 0 Å². The average molecular weight is 354 g/mol. The first kappa shape index (κ1) is 18.9. The molecule has 5 nitrogen and oxygen atoms in total. The standard InChI is InChI=1S/C17H21F3N4O/c1-11(9-21)16(23-2)24-7-3-4-13(10-24)12-5-6-15(14(22)8-12)25-17(18,19)20/h5-6,8,11,13H,3-4,7,10,22H2,1-2H3. The molecular weight excluding hydrogens is 333 g/mol. The van der Waals surface area contributed by atoms with Gasteiger partial charge in [0.25, 0.3) is 0 Å². The Morgan fingerprint density at radius 3 is 2.76 bits per heavy atom. The van der Waals surface area contributed by atoms with Crippen LogP contribution in [-0.4, -0.2) is 37.2 Å². The molecule has 0 spiro atoms. The molecule has 1 aliphatic heterocycles. The third-order valence-electron chi connectivity index (χ3n) is 4.29. The van der Waals surface area contributed by atoms with Crippen molar-refractivity contribution < 1.29 is 17.9 Å². The molecular formula is C17H21F3N4O. The molecule has 2 N–H and O–H groups in total. The number of nitriles is 1. The molecule has 8 heteroatoms. The molecule has 2 unspecified atom stereocenters. The minimum atomic E-state index is -4.77. The number of anilines is 1. The number of alkyl halides is 3. The molecule has 1 aromatic carbocycles. The Morgan fingerprint density at radius 1 is 1.48 bits per heavy atom. The number of piperidine rings is 1. The van der Waals surface area contributed by atoms with E-state index < -0.39 is 12.1 Å². The van der Waals surface area contributed by atoms with Crippen LogP contribution in [0.25, 0.3) is 0 Å². The molecule has 25 heavy (non-hydrogen) atoms. The Morgan fingerprint density at radius 2 is 2.20 bits per heavy atom. The van der Waals surface area contributed by atoms with Crippen LogP contribution >= 0.6 is 0 Å². The van der Waals surface area contributed by atoms with Gasteiger partial charge in [0.05, 0.1) is 11.8 Å². The maximum Gasteiger partial charge on any atom is 0.573 e. The third-order valence-corrected chi connectivity index (χ3v) is 4.29. The van der Waals surface area contributed by atoms with Gasteiger partial charge in [-0.2, -0.15) is 5.26 Å². The summed E-state index contributed by atoms with van der Waals surface area (Å²) in [6.45, 7) is 3.25.